The molecule has 1 aromatic heterocycles. The molecule has 0 radical (unpaired) electrons. The Balaban J connectivity index is 2.45. The van der Waals surface area contributed by atoms with Crippen LogP contribution in [0.2, 0.25) is 0 Å². The first kappa shape index (κ1) is 11.4. The Morgan fingerprint density at radius 2 is 2.60 bits per heavy atom. The van der Waals surface area contributed by atoms with Gasteiger partial charge in [0.1, 0.15) is 10.7 Å². The van der Waals surface area contributed by atoms with Gasteiger partial charge in [0.2, 0.25) is 0 Å². The quantitative estimate of drug-likeness (QED) is 0.300. The fraction of sp³-hybridized carbons (Fsp3) is 0.375. The van der Waals surface area contributed by atoms with Crippen LogP contribution in [0.1, 0.15) is 23.0 Å². The van der Waals surface area contributed by atoms with Crippen LogP contribution >= 0.6 is 11.3 Å². The normalized spacial score (nSPS) is 13.5. The van der Waals surface area contributed by atoms with Crippen molar-refractivity contribution in [2.75, 3.05) is 0 Å². The Morgan fingerprint density at radius 3 is 3.13 bits per heavy atom. The molecule has 0 spiro atoms. The predicted octanol–water partition coefficient (Wildman–Crippen LogP) is 0.398. The lowest BCUT2D eigenvalue weighted by Crippen LogP contribution is -2.35. The van der Waals surface area contributed by atoms with E-state index in [9.17, 15) is 4.79 Å². The minimum atomic E-state index is -0.198. The molecular weight excluding hydrogens is 216 g/mol. The molecule has 1 aromatic rings. The molecule has 0 bridgehead atoms. The number of amides is 1. The maximum atomic E-state index is 11.5. The van der Waals surface area contributed by atoms with Crippen LogP contribution in [0.4, 0.5) is 0 Å². The lowest BCUT2D eigenvalue weighted by atomic mass is 10.2. The van der Waals surface area contributed by atoms with Gasteiger partial charge in [0, 0.05) is 12.5 Å². The van der Waals surface area contributed by atoms with Crippen molar-refractivity contribution >= 4 is 23.1 Å². The number of nitrogens with zero attached hydrogens (tertiary/aromatic N) is 2. The Bertz CT molecular complexity index is 350. The fourth-order valence-electron chi connectivity index (χ4n) is 1.03. The number of oxime groups is 1. The fourth-order valence-corrected chi connectivity index (χ4v) is 1.55. The second-order valence-electron chi connectivity index (χ2n) is 3.04. The summed E-state index contributed by atoms with van der Waals surface area (Å²) in [6.07, 6.45) is 1.80. The summed E-state index contributed by atoms with van der Waals surface area (Å²) in [6.45, 7) is 1.77. The summed E-state index contributed by atoms with van der Waals surface area (Å²) in [4.78, 5) is 15.8. The van der Waals surface area contributed by atoms with E-state index >= 15 is 0 Å². The molecule has 0 saturated carbocycles. The van der Waals surface area contributed by atoms with Crippen LogP contribution in [-0.2, 0) is 0 Å². The van der Waals surface area contributed by atoms with Crippen molar-refractivity contribution in [3.8, 4) is 0 Å². The highest BCUT2D eigenvalue weighted by Crippen LogP contribution is 2.05. The lowest BCUT2D eigenvalue weighted by molar-refractivity contribution is 0.0945. The van der Waals surface area contributed by atoms with Gasteiger partial charge in [-0.2, -0.15) is 0 Å². The van der Waals surface area contributed by atoms with Gasteiger partial charge in [-0.3, -0.25) is 9.78 Å². The summed E-state index contributed by atoms with van der Waals surface area (Å²) >= 11 is 1.26. The molecule has 1 heterocycles. The average Bonchev–Trinajstić information content (AvgIpc) is 2.70. The maximum absolute atomic E-state index is 11.5. The number of amidine groups is 1. The van der Waals surface area contributed by atoms with Gasteiger partial charge < -0.3 is 16.3 Å². The second kappa shape index (κ2) is 5.30. The number of rotatable bonds is 4. The first-order valence-corrected chi connectivity index (χ1v) is 5.17. The van der Waals surface area contributed by atoms with Crippen molar-refractivity contribution in [2.45, 2.75) is 19.4 Å². The summed E-state index contributed by atoms with van der Waals surface area (Å²) in [5.41, 5.74) is 6.89. The lowest BCUT2D eigenvalue weighted by Gasteiger charge is -2.11. The number of carbonyl (C=O) groups excluding carboxylic acids is 1. The average molecular weight is 228 g/mol. The number of thiazole rings is 1. The van der Waals surface area contributed by atoms with Crippen molar-refractivity contribution in [3.63, 3.8) is 0 Å². The van der Waals surface area contributed by atoms with Crippen LogP contribution in [0.25, 0.3) is 0 Å². The van der Waals surface area contributed by atoms with Crippen molar-refractivity contribution in [1.82, 2.24) is 10.3 Å². The number of nitrogens with two attached hydrogens (primary N) is 1. The third-order valence-corrected chi connectivity index (χ3v) is 2.45. The standard InChI is InChI=1S/C8H12N4O2S/c1-5(2-7(9)12-14)11-8(13)6-3-10-4-15-6/h3-5,14H,2H2,1H3,(H2,9,12)(H,11,13). The first-order chi connectivity index (χ1) is 7.13. The molecule has 0 fully saturated rings. The molecule has 0 aliphatic rings. The smallest absolute Gasteiger partial charge is 0.263 e. The van der Waals surface area contributed by atoms with Gasteiger partial charge in [0.05, 0.1) is 11.7 Å². The molecule has 82 valence electrons. The summed E-state index contributed by atoms with van der Waals surface area (Å²) in [6, 6.07) is -0.185. The highest BCUT2D eigenvalue weighted by Gasteiger charge is 2.11. The minimum Gasteiger partial charge on any atom is -0.409 e. The van der Waals surface area contributed by atoms with Crippen LogP contribution in [0.5, 0.6) is 0 Å². The molecule has 1 rings (SSSR count). The van der Waals surface area contributed by atoms with E-state index in [0.717, 1.165) is 0 Å². The molecule has 6 nitrogen and oxygen atoms in total. The van der Waals surface area contributed by atoms with E-state index in [2.05, 4.69) is 15.5 Å². The van der Waals surface area contributed by atoms with Crippen LogP contribution in [0.3, 0.4) is 0 Å². The molecule has 4 N–H and O–H groups in total. The van der Waals surface area contributed by atoms with Gasteiger partial charge in [-0.25, -0.2) is 0 Å². The molecular formula is C8H12N4O2S. The molecule has 1 atom stereocenters. The second-order valence-corrected chi connectivity index (χ2v) is 3.92. The molecule has 7 heteroatoms. The van der Waals surface area contributed by atoms with E-state index in [1.807, 2.05) is 0 Å². The first-order valence-electron chi connectivity index (χ1n) is 4.29. The summed E-state index contributed by atoms with van der Waals surface area (Å²) in [5.74, 6) is -0.108. The Morgan fingerprint density at radius 1 is 1.87 bits per heavy atom. The molecule has 0 aliphatic carbocycles. The maximum Gasteiger partial charge on any atom is 0.263 e. The minimum absolute atomic E-state index is 0.0899. The zero-order chi connectivity index (χ0) is 11.3. The molecule has 0 saturated heterocycles. The predicted molar refractivity (Wildman–Crippen MR) is 57.1 cm³/mol. The Hall–Kier alpha value is -1.63. The van der Waals surface area contributed by atoms with Crippen molar-refractivity contribution in [3.05, 3.63) is 16.6 Å². The number of hydrogen-bond donors (Lipinski definition) is 3. The molecule has 0 aliphatic heterocycles. The van der Waals surface area contributed by atoms with Crippen LogP contribution in [0.15, 0.2) is 16.9 Å². The zero-order valence-corrected chi connectivity index (χ0v) is 8.99. The third kappa shape index (κ3) is 3.55. The summed E-state index contributed by atoms with van der Waals surface area (Å²) in [5, 5.41) is 13.9. The van der Waals surface area contributed by atoms with E-state index in [-0.39, 0.29) is 17.8 Å². The molecule has 15 heavy (non-hydrogen) atoms. The van der Waals surface area contributed by atoms with E-state index in [4.69, 9.17) is 10.9 Å². The van der Waals surface area contributed by atoms with Gasteiger partial charge in [-0.05, 0) is 6.92 Å². The van der Waals surface area contributed by atoms with Gasteiger partial charge in [0.25, 0.3) is 5.91 Å². The molecule has 1 unspecified atom stereocenters. The van der Waals surface area contributed by atoms with Gasteiger partial charge in [-0.15, -0.1) is 11.3 Å². The van der Waals surface area contributed by atoms with Crippen molar-refractivity contribution < 1.29 is 10.0 Å². The third-order valence-electron chi connectivity index (χ3n) is 1.68. The number of aromatic nitrogens is 1. The van der Waals surface area contributed by atoms with Gasteiger partial charge in [0.15, 0.2) is 0 Å². The molecule has 1 amide bonds. The SMILES string of the molecule is CC(CC(N)=NO)NC(=O)c1cncs1. The number of nitrogens with one attached hydrogen (secondary N) is 1. The van der Waals surface area contributed by atoms with Gasteiger partial charge in [-0.1, -0.05) is 5.16 Å². The topological polar surface area (TPSA) is 101 Å². The van der Waals surface area contributed by atoms with Crippen molar-refractivity contribution in [1.29, 1.82) is 0 Å². The van der Waals surface area contributed by atoms with Crippen molar-refractivity contribution in [2.24, 2.45) is 10.9 Å². The highest BCUT2D eigenvalue weighted by atomic mass is 32.1. The highest BCUT2D eigenvalue weighted by molar-refractivity contribution is 7.11. The van der Waals surface area contributed by atoms with Crippen LogP contribution in [0, 0.1) is 0 Å². The number of carbonyl (C=O) groups is 1. The number of hydrogen-bond acceptors (Lipinski definition) is 5. The van der Waals surface area contributed by atoms with E-state index < -0.39 is 0 Å². The van der Waals surface area contributed by atoms with Crippen LogP contribution < -0.4 is 11.1 Å². The van der Waals surface area contributed by atoms with Gasteiger partial charge >= 0.3 is 0 Å². The Labute approximate surface area is 90.8 Å². The molecule has 0 aromatic carbocycles. The Kier molecular flexibility index (Phi) is 4.04. The monoisotopic (exact) mass is 228 g/mol. The van der Waals surface area contributed by atoms with E-state index in [0.29, 0.717) is 11.3 Å². The zero-order valence-electron chi connectivity index (χ0n) is 8.17. The summed E-state index contributed by atoms with van der Waals surface area (Å²) in [7, 11) is 0. The van der Waals surface area contributed by atoms with E-state index in [1.54, 1.807) is 12.4 Å². The summed E-state index contributed by atoms with van der Waals surface area (Å²) < 4.78 is 0. The van der Waals surface area contributed by atoms with E-state index in [1.165, 1.54) is 17.5 Å². The largest absolute Gasteiger partial charge is 0.409 e. The van der Waals surface area contributed by atoms with Crippen LogP contribution in [-0.4, -0.2) is 28.0 Å².